The molecule has 5 heteroatoms. The van der Waals surface area contributed by atoms with Crippen molar-refractivity contribution in [1.82, 2.24) is 10.2 Å². The van der Waals surface area contributed by atoms with Crippen molar-refractivity contribution in [2.24, 2.45) is 5.92 Å². The average molecular weight is 327 g/mol. The van der Waals surface area contributed by atoms with Gasteiger partial charge < -0.3 is 10.2 Å². The van der Waals surface area contributed by atoms with Crippen LogP contribution in [0.2, 0.25) is 10.0 Å². The van der Waals surface area contributed by atoms with Crippen LogP contribution in [0.15, 0.2) is 18.2 Å². The first kappa shape index (κ1) is 15.1. The van der Waals surface area contributed by atoms with Gasteiger partial charge in [-0.05, 0) is 62.9 Å². The lowest BCUT2D eigenvalue weighted by Gasteiger charge is -2.30. The van der Waals surface area contributed by atoms with E-state index in [1.54, 1.807) is 18.2 Å². The number of carbonyl (C=O) groups excluding carboxylic acids is 1. The smallest absolute Gasteiger partial charge is 0.254 e. The van der Waals surface area contributed by atoms with Crippen LogP contribution < -0.4 is 5.32 Å². The predicted octanol–water partition coefficient (Wildman–Crippen LogP) is 3.60. The Morgan fingerprint density at radius 1 is 1.24 bits per heavy atom. The Kier molecular flexibility index (Phi) is 4.72. The van der Waals surface area contributed by atoms with Crippen LogP contribution in [0.4, 0.5) is 0 Å². The molecule has 0 aromatic heterocycles. The Bertz CT molecular complexity index is 525. The molecule has 1 amide bonds. The minimum atomic E-state index is 0.0849. The quantitative estimate of drug-likeness (QED) is 0.916. The maximum absolute atomic E-state index is 12.8. The van der Waals surface area contributed by atoms with E-state index in [0.29, 0.717) is 27.6 Å². The van der Waals surface area contributed by atoms with Gasteiger partial charge in [0.1, 0.15) is 0 Å². The second-order valence-corrected chi connectivity index (χ2v) is 6.84. The molecular formula is C16H20Cl2N2O. The molecule has 1 saturated carbocycles. The predicted molar refractivity (Wildman–Crippen MR) is 86.1 cm³/mol. The first-order chi connectivity index (χ1) is 10.1. The second kappa shape index (κ2) is 6.55. The summed E-state index contributed by atoms with van der Waals surface area (Å²) in [5.74, 6) is 0.646. The number of hydrogen-bond acceptors (Lipinski definition) is 2. The van der Waals surface area contributed by atoms with Crippen LogP contribution in [-0.4, -0.2) is 36.5 Å². The molecule has 3 rings (SSSR count). The highest BCUT2D eigenvalue weighted by atomic mass is 35.5. The molecule has 1 heterocycles. The zero-order valence-corrected chi connectivity index (χ0v) is 13.5. The number of amides is 1. The number of benzene rings is 1. The lowest BCUT2D eigenvalue weighted by Crippen LogP contribution is -2.42. The van der Waals surface area contributed by atoms with Gasteiger partial charge in [-0.2, -0.15) is 0 Å². The zero-order valence-electron chi connectivity index (χ0n) is 11.9. The lowest BCUT2D eigenvalue weighted by atomic mass is 9.98. The Labute approximate surface area is 135 Å². The summed E-state index contributed by atoms with van der Waals surface area (Å²) in [5.41, 5.74) is 0.639. The van der Waals surface area contributed by atoms with Crippen molar-refractivity contribution in [3.8, 4) is 0 Å². The summed E-state index contributed by atoms with van der Waals surface area (Å²) < 4.78 is 0. The third kappa shape index (κ3) is 3.71. The van der Waals surface area contributed by atoms with Crippen molar-refractivity contribution in [2.45, 2.75) is 31.7 Å². The third-order valence-corrected chi connectivity index (χ3v) is 5.01. The fraction of sp³-hybridized carbons (Fsp3) is 0.562. The normalized spacial score (nSPS) is 22.1. The summed E-state index contributed by atoms with van der Waals surface area (Å²) in [6.07, 6.45) is 4.63. The molecule has 0 spiro atoms. The molecule has 3 nitrogen and oxygen atoms in total. The number of nitrogens with zero attached hydrogens (tertiary/aromatic N) is 1. The number of rotatable bonds is 4. The first-order valence-electron chi connectivity index (χ1n) is 7.62. The molecular weight excluding hydrogens is 307 g/mol. The van der Waals surface area contributed by atoms with Crippen LogP contribution in [0.5, 0.6) is 0 Å². The van der Waals surface area contributed by atoms with E-state index in [2.05, 4.69) is 5.32 Å². The maximum Gasteiger partial charge on any atom is 0.254 e. The molecule has 1 N–H and O–H groups in total. The van der Waals surface area contributed by atoms with Crippen molar-refractivity contribution in [3.05, 3.63) is 33.8 Å². The van der Waals surface area contributed by atoms with Crippen LogP contribution in [-0.2, 0) is 0 Å². The maximum atomic E-state index is 12.8. The summed E-state index contributed by atoms with van der Waals surface area (Å²) in [5, 5.41) is 4.35. The summed E-state index contributed by atoms with van der Waals surface area (Å²) in [7, 11) is 0. The topological polar surface area (TPSA) is 32.3 Å². The first-order valence-corrected chi connectivity index (χ1v) is 8.37. The number of piperidine rings is 1. The van der Waals surface area contributed by atoms with E-state index in [4.69, 9.17) is 23.2 Å². The molecule has 1 atom stereocenters. The van der Waals surface area contributed by atoms with Gasteiger partial charge in [-0.25, -0.2) is 0 Å². The van der Waals surface area contributed by atoms with Crippen molar-refractivity contribution >= 4 is 29.1 Å². The Balaban J connectivity index is 1.73. The molecule has 2 aliphatic rings. The van der Waals surface area contributed by atoms with Crippen molar-refractivity contribution < 1.29 is 4.79 Å². The van der Waals surface area contributed by atoms with Crippen LogP contribution in [0.1, 0.15) is 36.0 Å². The fourth-order valence-corrected chi connectivity index (χ4v) is 3.24. The van der Waals surface area contributed by atoms with Gasteiger partial charge in [0.15, 0.2) is 0 Å². The largest absolute Gasteiger partial charge is 0.335 e. The zero-order chi connectivity index (χ0) is 14.8. The van der Waals surface area contributed by atoms with Crippen molar-refractivity contribution in [2.75, 3.05) is 19.6 Å². The molecule has 2 fully saturated rings. The van der Waals surface area contributed by atoms with Gasteiger partial charge in [0.05, 0.1) is 10.0 Å². The Hall–Kier alpha value is -0.770. The molecule has 0 bridgehead atoms. The average Bonchev–Trinajstić information content (AvgIpc) is 3.33. The van der Waals surface area contributed by atoms with Gasteiger partial charge in [0.2, 0.25) is 0 Å². The Morgan fingerprint density at radius 2 is 2.05 bits per heavy atom. The van der Waals surface area contributed by atoms with Gasteiger partial charge in [-0.3, -0.25) is 4.79 Å². The molecule has 0 radical (unpaired) electrons. The number of carbonyl (C=O) groups is 1. The molecule has 1 unspecified atom stereocenters. The second-order valence-electron chi connectivity index (χ2n) is 6.03. The SMILES string of the molecule is O=C(c1ccc(Cl)c(Cl)c1)N(CC1CCCNC1)C1CC1. The summed E-state index contributed by atoms with van der Waals surface area (Å²) in [6.45, 7) is 2.95. The van der Waals surface area contributed by atoms with E-state index in [1.165, 1.54) is 12.8 Å². The van der Waals surface area contributed by atoms with E-state index in [1.807, 2.05) is 4.90 Å². The Morgan fingerprint density at radius 3 is 2.67 bits per heavy atom. The van der Waals surface area contributed by atoms with E-state index in [-0.39, 0.29) is 5.91 Å². The van der Waals surface area contributed by atoms with Gasteiger partial charge in [0.25, 0.3) is 5.91 Å². The van der Waals surface area contributed by atoms with E-state index in [0.717, 1.165) is 32.5 Å². The molecule has 1 saturated heterocycles. The minimum absolute atomic E-state index is 0.0849. The van der Waals surface area contributed by atoms with Crippen LogP contribution in [0, 0.1) is 5.92 Å². The van der Waals surface area contributed by atoms with Crippen LogP contribution >= 0.6 is 23.2 Å². The number of halogens is 2. The van der Waals surface area contributed by atoms with E-state index >= 15 is 0 Å². The van der Waals surface area contributed by atoms with Crippen LogP contribution in [0.3, 0.4) is 0 Å². The van der Waals surface area contributed by atoms with Gasteiger partial charge in [0, 0.05) is 18.2 Å². The van der Waals surface area contributed by atoms with Crippen molar-refractivity contribution in [3.63, 3.8) is 0 Å². The highest BCUT2D eigenvalue weighted by Gasteiger charge is 2.34. The van der Waals surface area contributed by atoms with E-state index in [9.17, 15) is 4.79 Å². The highest BCUT2D eigenvalue weighted by molar-refractivity contribution is 6.42. The highest BCUT2D eigenvalue weighted by Crippen LogP contribution is 2.31. The minimum Gasteiger partial charge on any atom is -0.335 e. The van der Waals surface area contributed by atoms with Crippen molar-refractivity contribution in [1.29, 1.82) is 0 Å². The molecule has 1 aliphatic heterocycles. The summed E-state index contributed by atoms with van der Waals surface area (Å²) in [4.78, 5) is 14.8. The molecule has 1 aromatic carbocycles. The number of nitrogens with one attached hydrogen (secondary N) is 1. The monoisotopic (exact) mass is 326 g/mol. The lowest BCUT2D eigenvalue weighted by molar-refractivity contribution is 0.0704. The van der Waals surface area contributed by atoms with Gasteiger partial charge in [-0.15, -0.1) is 0 Å². The number of hydrogen-bond donors (Lipinski definition) is 1. The molecule has 114 valence electrons. The van der Waals surface area contributed by atoms with Gasteiger partial charge >= 0.3 is 0 Å². The van der Waals surface area contributed by atoms with E-state index < -0.39 is 0 Å². The molecule has 1 aromatic rings. The standard InChI is InChI=1S/C16H20Cl2N2O/c17-14-6-3-12(8-15(14)18)16(21)20(13-4-5-13)10-11-2-1-7-19-9-11/h3,6,8,11,13,19H,1-2,4-5,7,9-10H2. The fourth-order valence-electron chi connectivity index (χ4n) is 2.94. The van der Waals surface area contributed by atoms with Crippen LogP contribution in [0.25, 0.3) is 0 Å². The summed E-state index contributed by atoms with van der Waals surface area (Å²) in [6, 6.07) is 5.56. The molecule has 1 aliphatic carbocycles. The summed E-state index contributed by atoms with van der Waals surface area (Å²) >= 11 is 12.0. The van der Waals surface area contributed by atoms with Gasteiger partial charge in [-0.1, -0.05) is 23.2 Å². The third-order valence-electron chi connectivity index (χ3n) is 4.27. The molecule has 21 heavy (non-hydrogen) atoms.